The summed E-state index contributed by atoms with van der Waals surface area (Å²) in [7, 11) is 0. The first kappa shape index (κ1) is 12.2. The van der Waals surface area contributed by atoms with Gasteiger partial charge >= 0.3 is 0 Å². The number of thiazole rings is 1. The quantitative estimate of drug-likeness (QED) is 0.781. The van der Waals surface area contributed by atoms with Gasteiger partial charge in [0.05, 0.1) is 6.20 Å². The number of rotatable bonds is 2. The fourth-order valence-corrected chi connectivity index (χ4v) is 2.70. The smallest absolute Gasteiger partial charge is 0.257 e. The lowest BCUT2D eigenvalue weighted by molar-refractivity contribution is 0.102. The second-order valence-electron chi connectivity index (χ2n) is 3.66. The number of aromatic nitrogens is 3. The average molecular weight is 335 g/mol. The molecule has 0 radical (unpaired) electrons. The average Bonchev–Trinajstić information content (AvgIpc) is 2.81. The third-order valence-corrected chi connectivity index (χ3v) is 3.59. The molecule has 3 aromatic rings. The van der Waals surface area contributed by atoms with Crippen molar-refractivity contribution in [3.05, 3.63) is 46.7 Å². The Kier molecular flexibility index (Phi) is 3.22. The van der Waals surface area contributed by atoms with E-state index in [0.29, 0.717) is 25.8 Å². The van der Waals surface area contributed by atoms with Crippen molar-refractivity contribution < 1.29 is 4.79 Å². The molecule has 0 fully saturated rings. The van der Waals surface area contributed by atoms with Crippen molar-refractivity contribution in [1.29, 1.82) is 0 Å². The molecule has 0 saturated heterocycles. The zero-order chi connectivity index (χ0) is 13.2. The molecule has 3 rings (SSSR count). The van der Waals surface area contributed by atoms with Crippen LogP contribution in [0.5, 0.6) is 0 Å². The molecule has 0 unspecified atom stereocenters. The molecule has 1 N–H and O–H groups in total. The molecule has 5 nitrogen and oxygen atoms in total. The lowest BCUT2D eigenvalue weighted by Gasteiger charge is -1.99. The molecule has 7 heteroatoms. The van der Waals surface area contributed by atoms with Crippen molar-refractivity contribution in [3.8, 4) is 0 Å². The van der Waals surface area contributed by atoms with E-state index in [1.165, 1.54) is 11.3 Å². The summed E-state index contributed by atoms with van der Waals surface area (Å²) in [5, 5.41) is 3.23. The number of nitrogens with one attached hydrogen (secondary N) is 1. The van der Waals surface area contributed by atoms with E-state index in [1.54, 1.807) is 18.3 Å². The third kappa shape index (κ3) is 2.61. The summed E-state index contributed by atoms with van der Waals surface area (Å²) in [6.07, 6.45) is 1.57. The molecule has 19 heavy (non-hydrogen) atoms. The molecule has 2 heterocycles. The molecule has 2 aromatic heterocycles. The molecular weight excluding hydrogens is 328 g/mol. The van der Waals surface area contributed by atoms with Crippen molar-refractivity contribution in [2.24, 2.45) is 0 Å². The van der Waals surface area contributed by atoms with Gasteiger partial charge in [0, 0.05) is 5.56 Å². The number of fused-ring (bicyclic) bond motifs is 1. The van der Waals surface area contributed by atoms with Gasteiger partial charge in [-0.25, -0.2) is 9.97 Å². The summed E-state index contributed by atoms with van der Waals surface area (Å²) in [4.78, 5) is 25.2. The van der Waals surface area contributed by atoms with Crippen LogP contribution in [0, 0.1) is 0 Å². The standard InChI is InChI=1S/C12H7BrN4OS/c13-8-6-14-9-11(15-8)19-12(16-9)17-10(18)7-4-2-1-3-5-7/h1-6H,(H,14,16,17,18). The van der Waals surface area contributed by atoms with Crippen LogP contribution in [0.15, 0.2) is 41.1 Å². The van der Waals surface area contributed by atoms with E-state index in [4.69, 9.17) is 0 Å². The molecule has 1 amide bonds. The summed E-state index contributed by atoms with van der Waals surface area (Å²) in [5.41, 5.74) is 1.11. The zero-order valence-electron chi connectivity index (χ0n) is 9.50. The largest absolute Gasteiger partial charge is 0.298 e. The Labute approximate surface area is 120 Å². The van der Waals surface area contributed by atoms with E-state index in [9.17, 15) is 4.79 Å². The fraction of sp³-hybridized carbons (Fsp3) is 0. The van der Waals surface area contributed by atoms with Gasteiger partial charge < -0.3 is 0 Å². The number of benzene rings is 1. The SMILES string of the molecule is O=C(Nc1nc2ncc(Br)nc2s1)c1ccccc1. The number of halogens is 1. The maximum atomic E-state index is 12.0. The highest BCUT2D eigenvalue weighted by Gasteiger charge is 2.11. The zero-order valence-corrected chi connectivity index (χ0v) is 11.9. The second kappa shape index (κ2) is 5.02. The van der Waals surface area contributed by atoms with Crippen LogP contribution in [-0.2, 0) is 0 Å². The van der Waals surface area contributed by atoms with Crippen LogP contribution in [0.2, 0.25) is 0 Å². The molecule has 1 aromatic carbocycles. The van der Waals surface area contributed by atoms with E-state index < -0.39 is 0 Å². The van der Waals surface area contributed by atoms with E-state index >= 15 is 0 Å². The second-order valence-corrected chi connectivity index (χ2v) is 5.45. The summed E-state index contributed by atoms with van der Waals surface area (Å²) < 4.78 is 0.643. The summed E-state index contributed by atoms with van der Waals surface area (Å²) in [5.74, 6) is -0.196. The minimum Gasteiger partial charge on any atom is -0.298 e. The minimum absolute atomic E-state index is 0.196. The van der Waals surface area contributed by atoms with Crippen molar-refractivity contribution in [2.75, 3.05) is 5.32 Å². The van der Waals surface area contributed by atoms with Gasteiger partial charge in [-0.1, -0.05) is 29.5 Å². The van der Waals surface area contributed by atoms with Crippen LogP contribution in [0.1, 0.15) is 10.4 Å². The van der Waals surface area contributed by atoms with E-state index in [2.05, 4.69) is 36.2 Å². The lowest BCUT2D eigenvalue weighted by atomic mass is 10.2. The van der Waals surface area contributed by atoms with Crippen LogP contribution >= 0.6 is 27.3 Å². The highest BCUT2D eigenvalue weighted by atomic mass is 79.9. The predicted molar refractivity (Wildman–Crippen MR) is 77.3 cm³/mol. The van der Waals surface area contributed by atoms with E-state index in [-0.39, 0.29) is 5.91 Å². The highest BCUT2D eigenvalue weighted by Crippen LogP contribution is 2.24. The number of amides is 1. The van der Waals surface area contributed by atoms with Crippen LogP contribution < -0.4 is 5.32 Å². The molecular formula is C12H7BrN4OS. The number of nitrogens with zero attached hydrogens (tertiary/aromatic N) is 3. The number of carbonyl (C=O) groups excluding carboxylic acids is 1. The van der Waals surface area contributed by atoms with Gasteiger partial charge in [0.1, 0.15) is 4.60 Å². The number of hydrogen-bond donors (Lipinski definition) is 1. The molecule has 0 aliphatic carbocycles. The summed E-state index contributed by atoms with van der Waals surface area (Å²) in [6, 6.07) is 8.98. The van der Waals surface area contributed by atoms with Gasteiger partial charge in [0.15, 0.2) is 15.6 Å². The molecule has 0 bridgehead atoms. The monoisotopic (exact) mass is 334 g/mol. The Bertz CT molecular complexity index is 744. The highest BCUT2D eigenvalue weighted by molar-refractivity contribution is 9.10. The van der Waals surface area contributed by atoms with Gasteiger partial charge in [-0.2, -0.15) is 4.98 Å². The van der Waals surface area contributed by atoms with E-state index in [0.717, 1.165) is 0 Å². The van der Waals surface area contributed by atoms with Crippen molar-refractivity contribution in [1.82, 2.24) is 15.0 Å². The summed E-state index contributed by atoms with van der Waals surface area (Å²) >= 11 is 4.53. The van der Waals surface area contributed by atoms with Crippen molar-refractivity contribution in [3.63, 3.8) is 0 Å². The Morgan fingerprint density at radius 1 is 1.21 bits per heavy atom. The Hall–Kier alpha value is -1.86. The summed E-state index contributed by atoms with van der Waals surface area (Å²) in [6.45, 7) is 0. The maximum absolute atomic E-state index is 12.0. The van der Waals surface area contributed by atoms with Crippen LogP contribution in [0.4, 0.5) is 5.13 Å². The van der Waals surface area contributed by atoms with Crippen LogP contribution in [0.3, 0.4) is 0 Å². The number of carbonyl (C=O) groups is 1. The van der Waals surface area contributed by atoms with E-state index in [1.807, 2.05) is 18.2 Å². The molecule has 0 aliphatic heterocycles. The molecule has 0 saturated carbocycles. The Morgan fingerprint density at radius 2 is 2.00 bits per heavy atom. The first-order chi connectivity index (χ1) is 9.22. The van der Waals surface area contributed by atoms with Gasteiger partial charge in [-0.15, -0.1) is 0 Å². The van der Waals surface area contributed by atoms with Crippen molar-refractivity contribution >= 4 is 48.8 Å². The van der Waals surface area contributed by atoms with Gasteiger partial charge in [0.2, 0.25) is 0 Å². The first-order valence-corrected chi connectivity index (χ1v) is 6.99. The Balaban J connectivity index is 1.87. The van der Waals surface area contributed by atoms with Gasteiger partial charge in [0.25, 0.3) is 5.91 Å². The first-order valence-electron chi connectivity index (χ1n) is 5.38. The maximum Gasteiger partial charge on any atom is 0.257 e. The normalized spacial score (nSPS) is 10.6. The van der Waals surface area contributed by atoms with Crippen molar-refractivity contribution in [2.45, 2.75) is 0 Å². The van der Waals surface area contributed by atoms with Gasteiger partial charge in [-0.05, 0) is 28.1 Å². The molecule has 0 spiro atoms. The molecule has 0 atom stereocenters. The minimum atomic E-state index is -0.196. The van der Waals surface area contributed by atoms with Crippen LogP contribution in [0.25, 0.3) is 10.5 Å². The third-order valence-electron chi connectivity index (χ3n) is 2.35. The molecule has 94 valence electrons. The topological polar surface area (TPSA) is 67.8 Å². The number of anilines is 1. The fourth-order valence-electron chi connectivity index (χ4n) is 1.51. The van der Waals surface area contributed by atoms with Gasteiger partial charge in [-0.3, -0.25) is 10.1 Å². The number of hydrogen-bond acceptors (Lipinski definition) is 5. The Morgan fingerprint density at radius 3 is 2.79 bits per heavy atom. The van der Waals surface area contributed by atoms with Crippen LogP contribution in [-0.4, -0.2) is 20.9 Å². The lowest BCUT2D eigenvalue weighted by Crippen LogP contribution is -2.11. The predicted octanol–water partition coefficient (Wildman–Crippen LogP) is 3.10. The molecule has 0 aliphatic rings.